The van der Waals surface area contributed by atoms with Crippen molar-refractivity contribution >= 4 is 29.1 Å². The van der Waals surface area contributed by atoms with Crippen LogP contribution in [-0.4, -0.2) is 10.7 Å². The Hall–Kier alpha value is -2.46. The average Bonchev–Trinajstić information content (AvgIpc) is 2.53. The summed E-state index contributed by atoms with van der Waals surface area (Å²) in [5.74, 6) is 0.141. The van der Waals surface area contributed by atoms with Crippen LogP contribution in [0, 0.1) is 10.1 Å². The molecule has 0 aromatic heterocycles. The van der Waals surface area contributed by atoms with Gasteiger partial charge < -0.3 is 0 Å². The van der Waals surface area contributed by atoms with Gasteiger partial charge >= 0.3 is 0 Å². The molecule has 0 atom stereocenters. The molecule has 2 aromatic rings. The van der Waals surface area contributed by atoms with Gasteiger partial charge in [-0.1, -0.05) is 55.8 Å². The Morgan fingerprint density at radius 3 is 2.39 bits per heavy atom. The summed E-state index contributed by atoms with van der Waals surface area (Å²) in [4.78, 5) is 22.4. The molecule has 0 unspecified atom stereocenters. The van der Waals surface area contributed by atoms with Crippen molar-refractivity contribution in [2.75, 3.05) is 0 Å². The molecule has 0 aliphatic carbocycles. The van der Waals surface area contributed by atoms with Crippen LogP contribution < -0.4 is 0 Å². The summed E-state index contributed by atoms with van der Waals surface area (Å²) >= 11 is 5.74. The van der Waals surface area contributed by atoms with E-state index in [0.717, 1.165) is 5.56 Å². The molecule has 118 valence electrons. The number of hydrogen-bond acceptors (Lipinski definition) is 3. The molecule has 0 aliphatic heterocycles. The molecule has 0 radical (unpaired) electrons. The second-order valence-corrected chi connectivity index (χ2v) is 5.85. The van der Waals surface area contributed by atoms with E-state index in [1.54, 1.807) is 6.08 Å². The number of carbonyl (C=O) groups is 1. The van der Waals surface area contributed by atoms with Crippen LogP contribution in [0.3, 0.4) is 0 Å². The van der Waals surface area contributed by atoms with Crippen LogP contribution in [0.25, 0.3) is 6.08 Å². The Morgan fingerprint density at radius 2 is 1.83 bits per heavy atom. The molecule has 2 rings (SSSR count). The lowest BCUT2D eigenvalue weighted by molar-refractivity contribution is -0.384. The first-order valence-electron chi connectivity index (χ1n) is 7.15. The highest BCUT2D eigenvalue weighted by Gasteiger charge is 2.14. The fraction of sp³-hybridized carbons (Fsp3) is 0.167. The predicted octanol–water partition coefficient (Wildman–Crippen LogP) is 5.27. The van der Waals surface area contributed by atoms with Crippen LogP contribution in [0.5, 0.6) is 0 Å². The van der Waals surface area contributed by atoms with Gasteiger partial charge in [-0.05, 0) is 35.3 Å². The number of halogens is 1. The molecular weight excluding hydrogens is 314 g/mol. The minimum atomic E-state index is -0.604. The molecule has 0 heterocycles. The second-order valence-electron chi connectivity index (χ2n) is 5.44. The summed E-state index contributed by atoms with van der Waals surface area (Å²) in [5.41, 5.74) is 2.08. The van der Waals surface area contributed by atoms with Crippen LogP contribution >= 0.6 is 11.6 Å². The molecule has 5 heteroatoms. The van der Waals surface area contributed by atoms with Gasteiger partial charge in [0, 0.05) is 11.6 Å². The lowest BCUT2D eigenvalue weighted by Crippen LogP contribution is -1.97. The second kappa shape index (κ2) is 7.20. The summed E-state index contributed by atoms with van der Waals surface area (Å²) in [6.45, 7) is 4.23. The lowest BCUT2D eigenvalue weighted by atomic mass is 10.0. The summed E-state index contributed by atoms with van der Waals surface area (Å²) in [6, 6.07) is 11.9. The van der Waals surface area contributed by atoms with E-state index in [9.17, 15) is 14.9 Å². The number of carbonyl (C=O) groups excluding carboxylic acids is 1. The minimum Gasteiger partial charge on any atom is -0.289 e. The van der Waals surface area contributed by atoms with Crippen LogP contribution in [0.1, 0.15) is 41.3 Å². The van der Waals surface area contributed by atoms with Gasteiger partial charge in [-0.3, -0.25) is 14.9 Å². The highest BCUT2D eigenvalue weighted by atomic mass is 35.5. The third kappa shape index (κ3) is 4.27. The van der Waals surface area contributed by atoms with E-state index in [4.69, 9.17) is 11.6 Å². The monoisotopic (exact) mass is 329 g/mol. The molecule has 23 heavy (non-hydrogen) atoms. The number of nitro benzene ring substituents is 1. The molecule has 0 aliphatic rings. The van der Waals surface area contributed by atoms with E-state index in [1.807, 2.05) is 24.3 Å². The maximum atomic E-state index is 12.1. The van der Waals surface area contributed by atoms with E-state index >= 15 is 0 Å². The maximum Gasteiger partial charge on any atom is 0.288 e. The highest BCUT2D eigenvalue weighted by molar-refractivity contribution is 6.32. The molecular formula is C18H16ClNO3. The molecule has 0 saturated heterocycles. The first kappa shape index (κ1) is 16.9. The summed E-state index contributed by atoms with van der Waals surface area (Å²) in [6.07, 6.45) is 3.09. The maximum absolute atomic E-state index is 12.1. The van der Waals surface area contributed by atoms with Crippen molar-refractivity contribution < 1.29 is 9.72 Å². The van der Waals surface area contributed by atoms with Crippen molar-refractivity contribution in [3.8, 4) is 0 Å². The molecule has 4 nitrogen and oxygen atoms in total. The number of hydrogen-bond donors (Lipinski definition) is 0. The fourth-order valence-electron chi connectivity index (χ4n) is 2.07. The lowest BCUT2D eigenvalue weighted by Gasteiger charge is -2.04. The van der Waals surface area contributed by atoms with E-state index in [0.29, 0.717) is 5.92 Å². The zero-order chi connectivity index (χ0) is 17.0. The molecule has 0 saturated carbocycles. The van der Waals surface area contributed by atoms with Crippen LogP contribution in [-0.2, 0) is 0 Å². The van der Waals surface area contributed by atoms with Crippen molar-refractivity contribution in [2.45, 2.75) is 19.8 Å². The van der Waals surface area contributed by atoms with Gasteiger partial charge in [-0.2, -0.15) is 0 Å². The summed E-state index contributed by atoms with van der Waals surface area (Å²) in [7, 11) is 0. The van der Waals surface area contributed by atoms with Crippen molar-refractivity contribution in [3.63, 3.8) is 0 Å². The minimum absolute atomic E-state index is 0.0137. The van der Waals surface area contributed by atoms with Gasteiger partial charge in [0.25, 0.3) is 5.69 Å². The normalized spacial score (nSPS) is 11.1. The smallest absolute Gasteiger partial charge is 0.288 e. The molecule has 0 bridgehead atoms. The Morgan fingerprint density at radius 1 is 1.17 bits per heavy atom. The number of allylic oxidation sites excluding steroid dienone is 1. The van der Waals surface area contributed by atoms with Crippen LogP contribution in [0.15, 0.2) is 48.5 Å². The molecule has 0 fully saturated rings. The number of ketones is 1. The third-order valence-corrected chi connectivity index (χ3v) is 3.78. The van der Waals surface area contributed by atoms with Gasteiger partial charge in [0.05, 0.1) is 4.92 Å². The molecule has 2 aromatic carbocycles. The zero-order valence-corrected chi connectivity index (χ0v) is 13.6. The quantitative estimate of drug-likeness (QED) is 0.325. The van der Waals surface area contributed by atoms with Gasteiger partial charge in [0.1, 0.15) is 5.02 Å². The summed E-state index contributed by atoms with van der Waals surface area (Å²) in [5, 5.41) is 10.9. The van der Waals surface area contributed by atoms with Gasteiger partial charge in [-0.15, -0.1) is 0 Å². The van der Waals surface area contributed by atoms with Gasteiger partial charge in [0.2, 0.25) is 0 Å². The van der Waals surface area contributed by atoms with Crippen LogP contribution in [0.4, 0.5) is 5.69 Å². The average molecular weight is 330 g/mol. The number of benzene rings is 2. The number of nitrogens with zero attached hydrogens (tertiary/aromatic N) is 1. The fourth-order valence-corrected chi connectivity index (χ4v) is 2.25. The zero-order valence-electron chi connectivity index (χ0n) is 12.8. The van der Waals surface area contributed by atoms with Crippen molar-refractivity contribution in [3.05, 3.63) is 80.4 Å². The Balaban J connectivity index is 2.18. The Bertz CT molecular complexity index is 764. The standard InChI is InChI=1S/C18H16ClNO3/c1-12(2)14-6-3-13(4-7-14)5-10-18(21)15-8-9-16(19)17(11-15)20(22)23/h3-12H,1-2H3/b10-5+. The largest absolute Gasteiger partial charge is 0.289 e. The molecule has 0 amide bonds. The summed E-state index contributed by atoms with van der Waals surface area (Å²) < 4.78 is 0. The molecule has 0 N–H and O–H groups in total. The predicted molar refractivity (Wildman–Crippen MR) is 92.0 cm³/mol. The number of rotatable bonds is 5. The first-order chi connectivity index (χ1) is 10.9. The van der Waals surface area contributed by atoms with Crippen LogP contribution in [0.2, 0.25) is 5.02 Å². The van der Waals surface area contributed by atoms with E-state index in [2.05, 4.69) is 13.8 Å². The SMILES string of the molecule is CC(C)c1ccc(/C=C/C(=O)c2ccc(Cl)c([N+](=O)[O-])c2)cc1. The Labute approximate surface area is 139 Å². The van der Waals surface area contributed by atoms with Crippen molar-refractivity contribution in [2.24, 2.45) is 0 Å². The number of nitro groups is 1. The van der Waals surface area contributed by atoms with E-state index in [-0.39, 0.29) is 22.1 Å². The van der Waals surface area contributed by atoms with Crippen molar-refractivity contribution in [1.29, 1.82) is 0 Å². The third-order valence-electron chi connectivity index (χ3n) is 3.46. The van der Waals surface area contributed by atoms with Gasteiger partial charge in [0.15, 0.2) is 5.78 Å². The van der Waals surface area contributed by atoms with Crippen molar-refractivity contribution in [1.82, 2.24) is 0 Å². The van der Waals surface area contributed by atoms with E-state index in [1.165, 1.54) is 29.8 Å². The molecule has 0 spiro atoms. The first-order valence-corrected chi connectivity index (χ1v) is 7.52. The van der Waals surface area contributed by atoms with Gasteiger partial charge in [-0.25, -0.2) is 0 Å². The Kier molecular flexibility index (Phi) is 5.29. The van der Waals surface area contributed by atoms with E-state index < -0.39 is 4.92 Å². The highest BCUT2D eigenvalue weighted by Crippen LogP contribution is 2.25. The topological polar surface area (TPSA) is 60.2 Å².